The zero-order valence-corrected chi connectivity index (χ0v) is 13.9. The summed E-state index contributed by atoms with van der Waals surface area (Å²) in [6, 6.07) is 8.31. The molecular formula is C17H23BrN2O. The van der Waals surface area contributed by atoms with E-state index >= 15 is 0 Å². The van der Waals surface area contributed by atoms with Crippen LogP contribution in [0.2, 0.25) is 0 Å². The van der Waals surface area contributed by atoms with E-state index in [0.29, 0.717) is 12.0 Å². The molecule has 2 aliphatic heterocycles. The lowest BCUT2D eigenvalue weighted by molar-refractivity contribution is 0.0575. The molecule has 3 nitrogen and oxygen atoms in total. The van der Waals surface area contributed by atoms with Crippen LogP contribution < -0.4 is 5.32 Å². The van der Waals surface area contributed by atoms with Gasteiger partial charge >= 0.3 is 0 Å². The Hall–Kier alpha value is -0.870. The van der Waals surface area contributed by atoms with Gasteiger partial charge in [0.1, 0.15) is 0 Å². The Morgan fingerprint density at radius 1 is 1.19 bits per heavy atom. The third kappa shape index (κ3) is 3.49. The zero-order valence-electron chi connectivity index (χ0n) is 12.4. The van der Waals surface area contributed by atoms with Gasteiger partial charge in [-0.2, -0.15) is 0 Å². The molecule has 0 saturated carbocycles. The molecule has 2 aliphatic rings. The Bertz CT molecular complexity index is 503. The second kappa shape index (κ2) is 6.93. The first-order valence-electron chi connectivity index (χ1n) is 8.02. The number of hydrogen-bond donors (Lipinski definition) is 1. The maximum absolute atomic E-state index is 12.3. The summed E-state index contributed by atoms with van der Waals surface area (Å²) in [5.74, 6) is 0.654. The van der Waals surface area contributed by atoms with Crippen LogP contribution in [0.5, 0.6) is 0 Å². The molecule has 4 heteroatoms. The first kappa shape index (κ1) is 15.0. The highest BCUT2D eigenvalue weighted by Gasteiger charge is 2.32. The average molecular weight is 351 g/mol. The highest BCUT2D eigenvalue weighted by atomic mass is 79.9. The predicted octanol–water partition coefficient (Wildman–Crippen LogP) is 3.44. The van der Waals surface area contributed by atoms with E-state index in [4.69, 9.17) is 0 Å². The molecule has 114 valence electrons. The van der Waals surface area contributed by atoms with Gasteiger partial charge in [0.15, 0.2) is 0 Å². The number of rotatable bonds is 3. The van der Waals surface area contributed by atoms with Crippen molar-refractivity contribution in [2.45, 2.75) is 38.1 Å². The maximum Gasteiger partial charge on any atom is 0.252 e. The minimum absolute atomic E-state index is 0.0374. The van der Waals surface area contributed by atoms with Crippen LogP contribution in [-0.4, -0.2) is 36.5 Å². The molecule has 21 heavy (non-hydrogen) atoms. The van der Waals surface area contributed by atoms with Crippen LogP contribution in [0.1, 0.15) is 42.5 Å². The summed E-state index contributed by atoms with van der Waals surface area (Å²) in [5, 5.41) is 3.15. The van der Waals surface area contributed by atoms with Gasteiger partial charge in [-0.15, -0.1) is 0 Å². The number of nitrogens with zero attached hydrogens (tertiary/aromatic N) is 1. The smallest absolute Gasteiger partial charge is 0.252 e. The van der Waals surface area contributed by atoms with E-state index in [2.05, 4.69) is 26.1 Å². The van der Waals surface area contributed by atoms with E-state index in [1.54, 1.807) is 0 Å². The van der Waals surface area contributed by atoms with Gasteiger partial charge in [-0.05, 0) is 72.8 Å². The van der Waals surface area contributed by atoms with Gasteiger partial charge in [-0.3, -0.25) is 4.79 Å². The Morgan fingerprint density at radius 2 is 2.00 bits per heavy atom. The van der Waals surface area contributed by atoms with Crippen LogP contribution in [0, 0.1) is 5.92 Å². The van der Waals surface area contributed by atoms with Crippen molar-refractivity contribution in [1.29, 1.82) is 0 Å². The molecule has 1 aromatic carbocycles. The van der Waals surface area contributed by atoms with Crippen molar-refractivity contribution in [3.8, 4) is 0 Å². The molecule has 0 spiro atoms. The minimum atomic E-state index is 0.0374. The zero-order chi connectivity index (χ0) is 14.7. The van der Waals surface area contributed by atoms with Gasteiger partial charge in [0.25, 0.3) is 5.91 Å². The second-order valence-electron chi connectivity index (χ2n) is 6.19. The second-order valence-corrected chi connectivity index (χ2v) is 7.05. The van der Waals surface area contributed by atoms with E-state index < -0.39 is 0 Å². The Balaban J connectivity index is 1.59. The predicted molar refractivity (Wildman–Crippen MR) is 88.4 cm³/mol. The summed E-state index contributed by atoms with van der Waals surface area (Å²) in [6.45, 7) is 3.31. The normalized spacial score (nSPS) is 26.1. The van der Waals surface area contributed by atoms with Crippen LogP contribution in [-0.2, 0) is 0 Å². The van der Waals surface area contributed by atoms with Crippen LogP contribution in [0.4, 0.5) is 0 Å². The highest BCUT2D eigenvalue weighted by Crippen LogP contribution is 2.30. The van der Waals surface area contributed by atoms with Gasteiger partial charge in [0, 0.05) is 17.1 Å². The van der Waals surface area contributed by atoms with Crippen molar-refractivity contribution in [3.05, 3.63) is 34.3 Å². The quantitative estimate of drug-likeness (QED) is 0.905. The molecule has 2 fully saturated rings. The minimum Gasteiger partial charge on any atom is -0.352 e. The molecule has 2 atom stereocenters. The fraction of sp³-hybridized carbons (Fsp3) is 0.588. The number of nitrogens with one attached hydrogen (secondary N) is 1. The van der Waals surface area contributed by atoms with Crippen LogP contribution in [0.25, 0.3) is 0 Å². The third-order valence-electron chi connectivity index (χ3n) is 4.87. The van der Waals surface area contributed by atoms with Crippen molar-refractivity contribution < 1.29 is 4.79 Å². The summed E-state index contributed by atoms with van der Waals surface area (Å²) in [4.78, 5) is 15.0. The number of fused-ring (bicyclic) bond motifs is 1. The number of carbonyl (C=O) groups excluding carboxylic acids is 1. The van der Waals surface area contributed by atoms with Crippen molar-refractivity contribution in [3.63, 3.8) is 0 Å². The lowest BCUT2D eigenvalue weighted by atomic mass is 9.83. The third-order valence-corrected chi connectivity index (χ3v) is 5.56. The number of carbonyl (C=O) groups is 1. The standard InChI is InChI=1S/C17H23BrN2O/c18-15-8-2-1-7-14(15)17(21)19-12-13-6-5-11-20-10-4-3-9-16(13)20/h1-2,7-8,13,16H,3-6,9-12H2,(H,19,21)/t13-,16-/m0/s1. The number of piperidine rings is 2. The van der Waals surface area contributed by atoms with Gasteiger partial charge in [-0.1, -0.05) is 18.6 Å². The van der Waals surface area contributed by atoms with E-state index in [1.165, 1.54) is 45.2 Å². The topological polar surface area (TPSA) is 32.3 Å². The number of hydrogen-bond acceptors (Lipinski definition) is 2. The fourth-order valence-corrected chi connectivity index (χ4v) is 4.24. The summed E-state index contributed by atoms with van der Waals surface area (Å²) in [7, 11) is 0. The SMILES string of the molecule is O=C(NC[C@@H]1CCCN2CCCC[C@@H]12)c1ccccc1Br. The summed E-state index contributed by atoms with van der Waals surface area (Å²) in [6.07, 6.45) is 6.50. The lowest BCUT2D eigenvalue weighted by Gasteiger charge is -2.44. The van der Waals surface area contributed by atoms with Gasteiger partial charge in [-0.25, -0.2) is 0 Å². The van der Waals surface area contributed by atoms with Crippen molar-refractivity contribution in [1.82, 2.24) is 10.2 Å². The van der Waals surface area contributed by atoms with Crippen molar-refractivity contribution >= 4 is 21.8 Å². The first-order chi connectivity index (χ1) is 10.3. The molecular weight excluding hydrogens is 328 g/mol. The van der Waals surface area contributed by atoms with Crippen LogP contribution in [0.15, 0.2) is 28.7 Å². The van der Waals surface area contributed by atoms with E-state index in [-0.39, 0.29) is 5.91 Å². The fourth-order valence-electron chi connectivity index (χ4n) is 3.78. The summed E-state index contributed by atoms with van der Waals surface area (Å²) in [5.41, 5.74) is 0.730. The molecule has 3 rings (SSSR count). The Morgan fingerprint density at radius 3 is 2.86 bits per heavy atom. The van der Waals surface area contributed by atoms with E-state index in [1.807, 2.05) is 24.3 Å². The molecule has 1 amide bonds. The van der Waals surface area contributed by atoms with Gasteiger partial charge in [0.2, 0.25) is 0 Å². The van der Waals surface area contributed by atoms with Crippen molar-refractivity contribution in [2.24, 2.45) is 5.92 Å². The van der Waals surface area contributed by atoms with Crippen LogP contribution in [0.3, 0.4) is 0 Å². The average Bonchev–Trinajstić information content (AvgIpc) is 2.53. The Kier molecular flexibility index (Phi) is 4.96. The first-order valence-corrected chi connectivity index (χ1v) is 8.82. The molecule has 1 aromatic rings. The molecule has 2 saturated heterocycles. The molecule has 0 bridgehead atoms. The maximum atomic E-state index is 12.3. The largest absolute Gasteiger partial charge is 0.352 e. The molecule has 0 radical (unpaired) electrons. The van der Waals surface area contributed by atoms with Gasteiger partial charge in [0.05, 0.1) is 5.56 Å². The number of benzene rings is 1. The van der Waals surface area contributed by atoms with E-state index in [0.717, 1.165) is 16.6 Å². The van der Waals surface area contributed by atoms with Crippen molar-refractivity contribution in [2.75, 3.05) is 19.6 Å². The summed E-state index contributed by atoms with van der Waals surface area (Å²) >= 11 is 3.45. The summed E-state index contributed by atoms with van der Waals surface area (Å²) < 4.78 is 0.866. The molecule has 1 N–H and O–H groups in total. The molecule has 0 unspecified atom stereocenters. The van der Waals surface area contributed by atoms with Crippen LogP contribution >= 0.6 is 15.9 Å². The monoisotopic (exact) mass is 350 g/mol. The molecule has 2 heterocycles. The lowest BCUT2D eigenvalue weighted by Crippen LogP contribution is -2.51. The molecule has 0 aromatic heterocycles. The highest BCUT2D eigenvalue weighted by molar-refractivity contribution is 9.10. The van der Waals surface area contributed by atoms with Gasteiger partial charge < -0.3 is 10.2 Å². The van der Waals surface area contributed by atoms with E-state index in [9.17, 15) is 4.79 Å². The molecule has 0 aliphatic carbocycles. The Labute approximate surface area is 135 Å². The number of amides is 1. The number of halogens is 1.